The Balaban J connectivity index is 1.61. The van der Waals surface area contributed by atoms with Crippen molar-refractivity contribution in [2.75, 3.05) is 4.90 Å². The van der Waals surface area contributed by atoms with E-state index in [0.717, 1.165) is 6.42 Å². The van der Waals surface area contributed by atoms with Crippen LogP contribution in [0, 0.1) is 23.2 Å². The number of anilines is 1. The van der Waals surface area contributed by atoms with Gasteiger partial charge in [-0.05, 0) is 52.9 Å². The summed E-state index contributed by atoms with van der Waals surface area (Å²) in [5.74, 6) is -1.21. The van der Waals surface area contributed by atoms with E-state index >= 15 is 0 Å². The Labute approximate surface area is 180 Å². The molecule has 3 aromatic carbocycles. The highest BCUT2D eigenvalue weighted by molar-refractivity contribution is 6.23. The summed E-state index contributed by atoms with van der Waals surface area (Å²) in [6.07, 6.45) is 0.745. The van der Waals surface area contributed by atoms with Crippen LogP contribution in [-0.2, 0) is 15.0 Å². The SMILES string of the molecule is CCC12c3ccccc3C(c3ccccc31)[C@@H]1C(=O)N(c3ccc(C#N)cc3)C(=O)[C@H]12. The van der Waals surface area contributed by atoms with Crippen LogP contribution in [0.3, 0.4) is 0 Å². The van der Waals surface area contributed by atoms with Crippen LogP contribution in [0.4, 0.5) is 5.69 Å². The highest BCUT2D eigenvalue weighted by atomic mass is 16.2. The molecule has 0 N–H and O–H groups in total. The number of imide groups is 1. The third-order valence-corrected chi connectivity index (χ3v) is 7.61. The first-order valence-electron chi connectivity index (χ1n) is 10.7. The summed E-state index contributed by atoms with van der Waals surface area (Å²) in [4.78, 5) is 29.1. The molecule has 2 atom stereocenters. The molecule has 1 saturated heterocycles. The minimum absolute atomic E-state index is 0.120. The van der Waals surface area contributed by atoms with Crippen molar-refractivity contribution in [3.63, 3.8) is 0 Å². The van der Waals surface area contributed by atoms with Gasteiger partial charge in [0.25, 0.3) is 0 Å². The monoisotopic (exact) mass is 404 g/mol. The molecule has 150 valence electrons. The lowest BCUT2D eigenvalue weighted by atomic mass is 9.46. The molecule has 0 saturated carbocycles. The van der Waals surface area contributed by atoms with Gasteiger partial charge in [0.1, 0.15) is 0 Å². The first-order valence-corrected chi connectivity index (χ1v) is 10.7. The number of nitriles is 1. The number of benzene rings is 3. The molecule has 4 aliphatic rings. The quantitative estimate of drug-likeness (QED) is 0.590. The molecule has 0 spiro atoms. The molecule has 0 aromatic heterocycles. The summed E-state index contributed by atoms with van der Waals surface area (Å²) < 4.78 is 0. The van der Waals surface area contributed by atoms with E-state index in [1.807, 2.05) is 24.3 Å². The fourth-order valence-electron chi connectivity index (χ4n) is 6.47. The molecule has 0 unspecified atom stereocenters. The minimum atomic E-state index is -0.513. The maximum Gasteiger partial charge on any atom is 0.238 e. The summed E-state index contributed by atoms with van der Waals surface area (Å²) in [5, 5.41) is 9.11. The van der Waals surface area contributed by atoms with E-state index in [1.54, 1.807) is 24.3 Å². The third kappa shape index (κ3) is 2.04. The number of carbonyl (C=O) groups excluding carboxylic acids is 2. The second kappa shape index (κ2) is 6.15. The van der Waals surface area contributed by atoms with E-state index in [9.17, 15) is 9.59 Å². The largest absolute Gasteiger partial charge is 0.274 e. The molecule has 2 amide bonds. The molecule has 1 fully saturated rings. The van der Waals surface area contributed by atoms with Crippen LogP contribution in [0.25, 0.3) is 0 Å². The van der Waals surface area contributed by atoms with Gasteiger partial charge >= 0.3 is 0 Å². The van der Waals surface area contributed by atoms with E-state index in [0.29, 0.717) is 11.3 Å². The molecule has 7 rings (SSSR count). The number of hydrogen-bond acceptors (Lipinski definition) is 3. The minimum Gasteiger partial charge on any atom is -0.274 e. The first kappa shape index (κ1) is 18.1. The summed E-state index contributed by atoms with van der Waals surface area (Å²) in [7, 11) is 0. The molecule has 31 heavy (non-hydrogen) atoms. The van der Waals surface area contributed by atoms with E-state index in [4.69, 9.17) is 5.26 Å². The van der Waals surface area contributed by atoms with Crippen molar-refractivity contribution in [1.29, 1.82) is 5.26 Å². The lowest BCUT2D eigenvalue weighted by molar-refractivity contribution is -0.123. The van der Waals surface area contributed by atoms with Crippen molar-refractivity contribution in [3.8, 4) is 6.07 Å². The van der Waals surface area contributed by atoms with Gasteiger partial charge in [0, 0.05) is 11.3 Å². The lowest BCUT2D eigenvalue weighted by Crippen LogP contribution is -2.53. The Morgan fingerprint density at radius 3 is 2.00 bits per heavy atom. The van der Waals surface area contributed by atoms with Gasteiger partial charge in [-0.25, -0.2) is 4.90 Å². The topological polar surface area (TPSA) is 61.2 Å². The lowest BCUT2D eigenvalue weighted by Gasteiger charge is -2.54. The maximum atomic E-state index is 13.9. The van der Waals surface area contributed by atoms with E-state index in [1.165, 1.54) is 27.2 Å². The Morgan fingerprint density at radius 2 is 1.45 bits per heavy atom. The fraction of sp³-hybridized carbons (Fsp3) is 0.222. The van der Waals surface area contributed by atoms with Crippen molar-refractivity contribution in [2.45, 2.75) is 24.7 Å². The van der Waals surface area contributed by atoms with Gasteiger partial charge in [0.2, 0.25) is 11.8 Å². The number of hydrogen-bond donors (Lipinski definition) is 0. The molecule has 1 aliphatic heterocycles. The second-order valence-corrected chi connectivity index (χ2v) is 8.65. The van der Waals surface area contributed by atoms with Crippen molar-refractivity contribution in [1.82, 2.24) is 0 Å². The third-order valence-electron chi connectivity index (χ3n) is 7.61. The van der Waals surface area contributed by atoms with Crippen LogP contribution in [0.2, 0.25) is 0 Å². The zero-order chi connectivity index (χ0) is 21.3. The van der Waals surface area contributed by atoms with Gasteiger partial charge in [0.15, 0.2) is 0 Å². The van der Waals surface area contributed by atoms with Crippen LogP contribution in [-0.4, -0.2) is 11.8 Å². The maximum absolute atomic E-state index is 13.9. The standard InChI is InChI=1S/C27H20N2O2/c1-2-27-20-9-5-3-7-18(20)22(19-8-4-6-10-21(19)27)23-24(27)26(31)29(25(23)30)17-13-11-16(15-28)12-14-17/h3-14,22-24H,2H2,1H3/t22?,23-,24-,27?/m0/s1. The number of nitrogens with zero attached hydrogens (tertiary/aromatic N) is 2. The van der Waals surface area contributed by atoms with Gasteiger partial charge in [0.05, 0.1) is 29.2 Å². The van der Waals surface area contributed by atoms with Crippen molar-refractivity contribution < 1.29 is 9.59 Å². The highest BCUT2D eigenvalue weighted by Crippen LogP contribution is 2.65. The van der Waals surface area contributed by atoms with Gasteiger partial charge in [-0.15, -0.1) is 0 Å². The zero-order valence-electron chi connectivity index (χ0n) is 17.1. The van der Waals surface area contributed by atoms with Crippen molar-refractivity contribution in [3.05, 3.63) is 101 Å². The van der Waals surface area contributed by atoms with Crippen LogP contribution in [0.15, 0.2) is 72.8 Å². The van der Waals surface area contributed by atoms with E-state index in [-0.39, 0.29) is 17.7 Å². The summed E-state index contributed by atoms with van der Waals surface area (Å²) in [6.45, 7) is 2.12. The van der Waals surface area contributed by atoms with Crippen LogP contribution in [0.1, 0.15) is 47.1 Å². The van der Waals surface area contributed by atoms with Gasteiger partial charge in [-0.2, -0.15) is 5.26 Å². The van der Waals surface area contributed by atoms with Crippen LogP contribution < -0.4 is 4.90 Å². The average molecular weight is 404 g/mol. The molecular formula is C27H20N2O2. The Hall–Kier alpha value is -3.71. The Morgan fingerprint density at radius 1 is 0.871 bits per heavy atom. The predicted octanol–water partition coefficient (Wildman–Crippen LogP) is 4.52. The smallest absolute Gasteiger partial charge is 0.238 e. The Kier molecular flexibility index (Phi) is 3.59. The summed E-state index contributed by atoms with van der Waals surface area (Å²) >= 11 is 0. The fourth-order valence-corrected chi connectivity index (χ4v) is 6.47. The van der Waals surface area contributed by atoms with E-state index < -0.39 is 17.3 Å². The van der Waals surface area contributed by atoms with E-state index in [2.05, 4.69) is 37.3 Å². The molecular weight excluding hydrogens is 384 g/mol. The second-order valence-electron chi connectivity index (χ2n) is 8.65. The first-order chi connectivity index (χ1) is 15.1. The number of carbonyl (C=O) groups is 2. The molecule has 1 heterocycles. The summed E-state index contributed by atoms with van der Waals surface area (Å²) in [6, 6.07) is 25.5. The van der Waals surface area contributed by atoms with Gasteiger partial charge in [-0.3, -0.25) is 9.59 Å². The normalized spacial score (nSPS) is 27.5. The van der Waals surface area contributed by atoms with Gasteiger partial charge in [-0.1, -0.05) is 55.5 Å². The predicted molar refractivity (Wildman–Crippen MR) is 116 cm³/mol. The molecule has 2 bridgehead atoms. The Bertz CT molecular complexity index is 1250. The molecule has 3 aromatic rings. The van der Waals surface area contributed by atoms with Crippen LogP contribution in [0.5, 0.6) is 0 Å². The molecule has 4 nitrogen and oxygen atoms in total. The van der Waals surface area contributed by atoms with Crippen LogP contribution >= 0.6 is 0 Å². The highest BCUT2D eigenvalue weighted by Gasteiger charge is 2.67. The number of amides is 2. The van der Waals surface area contributed by atoms with Crippen molar-refractivity contribution >= 4 is 17.5 Å². The number of rotatable bonds is 2. The molecule has 3 aliphatic carbocycles. The zero-order valence-corrected chi connectivity index (χ0v) is 17.1. The molecule has 0 radical (unpaired) electrons. The van der Waals surface area contributed by atoms with Gasteiger partial charge < -0.3 is 0 Å². The average Bonchev–Trinajstić information content (AvgIpc) is 3.10. The van der Waals surface area contributed by atoms with Crippen molar-refractivity contribution in [2.24, 2.45) is 11.8 Å². The molecule has 4 heteroatoms. The summed E-state index contributed by atoms with van der Waals surface area (Å²) in [5.41, 5.74) is 5.25.